The van der Waals surface area contributed by atoms with Crippen LogP contribution < -0.4 is 11.3 Å². The molecule has 1 aliphatic rings. The molecule has 0 spiro atoms. The fourth-order valence-electron chi connectivity index (χ4n) is 3.22. The van der Waals surface area contributed by atoms with E-state index in [2.05, 4.69) is 26.2 Å². The molecule has 118 valence electrons. The van der Waals surface area contributed by atoms with Crippen LogP contribution in [0.1, 0.15) is 56.2 Å². The number of ether oxygens (including phenoxy) is 1. The van der Waals surface area contributed by atoms with E-state index in [0.29, 0.717) is 24.4 Å². The first-order valence-electron chi connectivity index (χ1n) is 7.71. The standard InChI is InChI=1S/C16H26N2O3/c1-10(2)13-5-4-11(3)8-14(13)21-9-12-6-7-20-15(12)16(19)18-17/h6-7,10-11,13-14H,4-5,8-9,17H2,1-3H3,(H,18,19). The molecule has 0 aliphatic heterocycles. The van der Waals surface area contributed by atoms with Crippen molar-refractivity contribution in [2.75, 3.05) is 0 Å². The molecule has 0 aromatic carbocycles. The molecule has 21 heavy (non-hydrogen) atoms. The molecule has 5 nitrogen and oxygen atoms in total. The fourth-order valence-corrected chi connectivity index (χ4v) is 3.22. The number of nitrogen functional groups attached to an aromatic ring is 1. The largest absolute Gasteiger partial charge is 0.459 e. The lowest BCUT2D eigenvalue weighted by Gasteiger charge is -2.37. The van der Waals surface area contributed by atoms with E-state index in [1.54, 1.807) is 6.07 Å². The molecule has 1 saturated carbocycles. The Morgan fingerprint density at radius 1 is 1.52 bits per heavy atom. The predicted octanol–water partition coefficient (Wildman–Crippen LogP) is 2.86. The van der Waals surface area contributed by atoms with Gasteiger partial charge in [-0.25, -0.2) is 5.84 Å². The summed E-state index contributed by atoms with van der Waals surface area (Å²) >= 11 is 0. The van der Waals surface area contributed by atoms with Gasteiger partial charge in [0.05, 0.1) is 19.0 Å². The molecule has 1 amide bonds. The van der Waals surface area contributed by atoms with Crippen molar-refractivity contribution in [1.82, 2.24) is 5.43 Å². The highest BCUT2D eigenvalue weighted by Gasteiger charge is 2.31. The minimum Gasteiger partial charge on any atom is -0.459 e. The lowest BCUT2D eigenvalue weighted by atomic mass is 9.75. The van der Waals surface area contributed by atoms with Crippen LogP contribution in [0.5, 0.6) is 0 Å². The number of amides is 1. The molecule has 1 aromatic heterocycles. The van der Waals surface area contributed by atoms with Crippen LogP contribution in [0.25, 0.3) is 0 Å². The maximum Gasteiger partial charge on any atom is 0.301 e. The first-order valence-corrected chi connectivity index (χ1v) is 7.71. The number of carbonyl (C=O) groups excluding carboxylic acids is 1. The Morgan fingerprint density at radius 2 is 2.29 bits per heavy atom. The molecular weight excluding hydrogens is 268 g/mol. The predicted molar refractivity (Wildman–Crippen MR) is 80.3 cm³/mol. The van der Waals surface area contributed by atoms with Crippen molar-refractivity contribution in [2.45, 2.75) is 52.7 Å². The van der Waals surface area contributed by atoms with Crippen LogP contribution >= 0.6 is 0 Å². The number of hydrogen-bond donors (Lipinski definition) is 2. The molecular formula is C16H26N2O3. The smallest absolute Gasteiger partial charge is 0.301 e. The molecule has 1 aromatic rings. The molecule has 0 radical (unpaired) electrons. The number of hydrazine groups is 1. The molecule has 3 N–H and O–H groups in total. The molecule has 5 heteroatoms. The summed E-state index contributed by atoms with van der Waals surface area (Å²) in [5.74, 6) is 6.86. The highest BCUT2D eigenvalue weighted by atomic mass is 16.5. The quantitative estimate of drug-likeness (QED) is 0.497. The van der Waals surface area contributed by atoms with E-state index in [1.807, 2.05) is 0 Å². The highest BCUT2D eigenvalue weighted by Crippen LogP contribution is 2.35. The van der Waals surface area contributed by atoms with Crippen LogP contribution in [-0.2, 0) is 11.3 Å². The maximum absolute atomic E-state index is 11.6. The number of nitrogens with two attached hydrogens (primary N) is 1. The number of carbonyl (C=O) groups is 1. The van der Waals surface area contributed by atoms with Gasteiger partial charge in [-0.1, -0.05) is 27.2 Å². The second-order valence-corrected chi connectivity index (χ2v) is 6.42. The van der Waals surface area contributed by atoms with E-state index >= 15 is 0 Å². The summed E-state index contributed by atoms with van der Waals surface area (Å²) in [7, 11) is 0. The second-order valence-electron chi connectivity index (χ2n) is 6.42. The Labute approximate surface area is 126 Å². The van der Waals surface area contributed by atoms with Crippen molar-refractivity contribution in [3.05, 3.63) is 23.7 Å². The number of nitrogens with one attached hydrogen (secondary N) is 1. The van der Waals surface area contributed by atoms with Gasteiger partial charge in [0.2, 0.25) is 0 Å². The third-order valence-corrected chi connectivity index (χ3v) is 4.50. The highest BCUT2D eigenvalue weighted by molar-refractivity contribution is 5.92. The Balaban J connectivity index is 2.00. The van der Waals surface area contributed by atoms with Crippen LogP contribution in [0.2, 0.25) is 0 Å². The van der Waals surface area contributed by atoms with Gasteiger partial charge >= 0.3 is 5.91 Å². The molecule has 0 bridgehead atoms. The topological polar surface area (TPSA) is 77.5 Å². The van der Waals surface area contributed by atoms with E-state index in [9.17, 15) is 4.79 Å². The second kappa shape index (κ2) is 7.09. The Morgan fingerprint density at radius 3 is 2.95 bits per heavy atom. The fraction of sp³-hybridized carbons (Fsp3) is 0.688. The zero-order valence-corrected chi connectivity index (χ0v) is 13.1. The third kappa shape index (κ3) is 3.86. The average molecular weight is 294 g/mol. The summed E-state index contributed by atoms with van der Waals surface area (Å²) in [6.07, 6.45) is 5.31. The van der Waals surface area contributed by atoms with Crippen molar-refractivity contribution < 1.29 is 13.9 Å². The number of furan rings is 1. The van der Waals surface area contributed by atoms with Crippen LogP contribution in [0.4, 0.5) is 0 Å². The SMILES string of the molecule is CC1CCC(C(C)C)C(OCc2ccoc2C(=O)NN)C1. The molecule has 1 heterocycles. The van der Waals surface area contributed by atoms with Crippen LogP contribution in [0.3, 0.4) is 0 Å². The van der Waals surface area contributed by atoms with Gasteiger partial charge in [0, 0.05) is 5.56 Å². The third-order valence-electron chi connectivity index (χ3n) is 4.50. The van der Waals surface area contributed by atoms with Crippen molar-refractivity contribution in [3.63, 3.8) is 0 Å². The van der Waals surface area contributed by atoms with Gasteiger partial charge in [-0.15, -0.1) is 0 Å². The van der Waals surface area contributed by atoms with Gasteiger partial charge in [-0.05, 0) is 36.7 Å². The van der Waals surface area contributed by atoms with Crippen molar-refractivity contribution >= 4 is 5.91 Å². The van der Waals surface area contributed by atoms with E-state index in [-0.39, 0.29) is 11.9 Å². The molecule has 1 aliphatic carbocycles. The van der Waals surface area contributed by atoms with E-state index in [0.717, 1.165) is 12.0 Å². The zero-order chi connectivity index (χ0) is 15.4. The van der Waals surface area contributed by atoms with Crippen LogP contribution in [0, 0.1) is 17.8 Å². The van der Waals surface area contributed by atoms with Gasteiger partial charge in [0.1, 0.15) is 0 Å². The first-order chi connectivity index (χ1) is 10.0. The summed E-state index contributed by atoms with van der Waals surface area (Å²) in [6.45, 7) is 7.17. The minimum atomic E-state index is -0.420. The summed E-state index contributed by atoms with van der Waals surface area (Å²) in [5.41, 5.74) is 2.84. The van der Waals surface area contributed by atoms with Gasteiger partial charge in [0.15, 0.2) is 5.76 Å². The number of hydrogen-bond acceptors (Lipinski definition) is 4. The Hall–Kier alpha value is -1.33. The summed E-state index contributed by atoms with van der Waals surface area (Å²) in [5, 5.41) is 0. The zero-order valence-electron chi connectivity index (χ0n) is 13.1. The van der Waals surface area contributed by atoms with Gasteiger partial charge in [-0.2, -0.15) is 0 Å². The lowest BCUT2D eigenvalue weighted by molar-refractivity contribution is -0.0475. The summed E-state index contributed by atoms with van der Waals surface area (Å²) in [6, 6.07) is 1.77. The van der Waals surface area contributed by atoms with Gasteiger partial charge < -0.3 is 9.15 Å². The number of rotatable bonds is 5. The molecule has 0 saturated heterocycles. The molecule has 3 unspecified atom stereocenters. The molecule has 1 fully saturated rings. The van der Waals surface area contributed by atoms with E-state index in [1.165, 1.54) is 19.1 Å². The lowest BCUT2D eigenvalue weighted by Crippen LogP contribution is -2.34. The first kappa shape index (κ1) is 16.0. The van der Waals surface area contributed by atoms with Crippen molar-refractivity contribution in [3.8, 4) is 0 Å². The van der Waals surface area contributed by atoms with Crippen LogP contribution in [-0.4, -0.2) is 12.0 Å². The van der Waals surface area contributed by atoms with E-state index in [4.69, 9.17) is 15.0 Å². The normalized spacial score (nSPS) is 26.0. The minimum absolute atomic E-state index is 0.238. The monoisotopic (exact) mass is 294 g/mol. The van der Waals surface area contributed by atoms with Gasteiger partial charge in [0.25, 0.3) is 0 Å². The summed E-state index contributed by atoms with van der Waals surface area (Å²) < 4.78 is 11.3. The molecule has 3 atom stereocenters. The van der Waals surface area contributed by atoms with Crippen LogP contribution in [0.15, 0.2) is 16.7 Å². The van der Waals surface area contributed by atoms with Crippen molar-refractivity contribution in [2.24, 2.45) is 23.6 Å². The Bertz CT molecular complexity index is 470. The van der Waals surface area contributed by atoms with Crippen molar-refractivity contribution in [1.29, 1.82) is 0 Å². The Kier molecular flexibility index (Phi) is 5.42. The maximum atomic E-state index is 11.6. The average Bonchev–Trinajstić information content (AvgIpc) is 2.92. The van der Waals surface area contributed by atoms with Gasteiger partial charge in [-0.3, -0.25) is 10.2 Å². The molecule has 2 rings (SSSR count). The summed E-state index contributed by atoms with van der Waals surface area (Å²) in [4.78, 5) is 11.6. The van der Waals surface area contributed by atoms with E-state index < -0.39 is 5.91 Å².